The maximum absolute atomic E-state index is 10.6. The zero-order valence-electron chi connectivity index (χ0n) is 7.82. The second kappa shape index (κ2) is 3.09. The van der Waals surface area contributed by atoms with Crippen LogP contribution in [0.5, 0.6) is 0 Å². The fourth-order valence-electron chi connectivity index (χ4n) is 1.60. The van der Waals surface area contributed by atoms with Crippen LogP contribution in [0.25, 0.3) is 0 Å². The molecule has 0 bridgehead atoms. The molecule has 0 spiro atoms. The Hall–Kier alpha value is -1.36. The zero-order chi connectivity index (χ0) is 10.2. The second-order valence-corrected chi connectivity index (χ2v) is 3.56. The average Bonchev–Trinajstić information content (AvgIpc) is 2.71. The van der Waals surface area contributed by atoms with Crippen LogP contribution in [0.1, 0.15) is 36.0 Å². The summed E-state index contributed by atoms with van der Waals surface area (Å²) in [6.45, 7) is 2.56. The minimum atomic E-state index is -1.08. The Balaban J connectivity index is 2.28. The van der Waals surface area contributed by atoms with Crippen LogP contribution in [0.15, 0.2) is 10.6 Å². The van der Waals surface area contributed by atoms with Gasteiger partial charge in [-0.25, -0.2) is 4.79 Å². The van der Waals surface area contributed by atoms with Crippen LogP contribution >= 0.6 is 0 Å². The maximum atomic E-state index is 10.6. The molecule has 14 heavy (non-hydrogen) atoms. The molecular formula is C9H11NO4. The van der Waals surface area contributed by atoms with Crippen LogP contribution in [0.2, 0.25) is 0 Å². The van der Waals surface area contributed by atoms with E-state index in [4.69, 9.17) is 14.4 Å². The molecule has 2 rings (SSSR count). The summed E-state index contributed by atoms with van der Waals surface area (Å²) in [4.78, 5) is 10.6. The van der Waals surface area contributed by atoms with Crippen molar-refractivity contribution in [3.63, 3.8) is 0 Å². The standard InChI is InChI=1S/C9H11NO4/c1-9(3-2-4-13-9)7-5-6(8(11)12)10-14-7/h5H,2-4H2,1H3,(H,11,12). The Bertz CT molecular complexity index is 351. The van der Waals surface area contributed by atoms with E-state index in [0.29, 0.717) is 12.4 Å². The molecule has 5 heteroatoms. The van der Waals surface area contributed by atoms with Gasteiger partial charge in [-0.3, -0.25) is 0 Å². The van der Waals surface area contributed by atoms with Gasteiger partial charge in [-0.1, -0.05) is 5.16 Å². The van der Waals surface area contributed by atoms with Crippen molar-refractivity contribution >= 4 is 5.97 Å². The van der Waals surface area contributed by atoms with Gasteiger partial charge in [-0.05, 0) is 19.8 Å². The first-order chi connectivity index (χ1) is 6.62. The van der Waals surface area contributed by atoms with Crippen molar-refractivity contribution in [3.8, 4) is 0 Å². The van der Waals surface area contributed by atoms with Gasteiger partial charge in [-0.2, -0.15) is 0 Å². The Kier molecular flexibility index (Phi) is 2.03. The van der Waals surface area contributed by atoms with E-state index in [1.54, 1.807) is 0 Å². The number of ether oxygens (including phenoxy) is 1. The van der Waals surface area contributed by atoms with Crippen molar-refractivity contribution in [1.29, 1.82) is 0 Å². The molecule has 0 saturated carbocycles. The smallest absolute Gasteiger partial charge is 0.358 e. The van der Waals surface area contributed by atoms with Crippen molar-refractivity contribution in [3.05, 3.63) is 17.5 Å². The molecule has 1 N–H and O–H groups in total. The number of hydrogen-bond donors (Lipinski definition) is 1. The molecule has 0 aliphatic carbocycles. The summed E-state index contributed by atoms with van der Waals surface area (Å²) < 4.78 is 10.4. The van der Waals surface area contributed by atoms with E-state index in [1.165, 1.54) is 6.07 Å². The van der Waals surface area contributed by atoms with E-state index in [2.05, 4.69) is 5.16 Å². The van der Waals surface area contributed by atoms with Crippen LogP contribution in [0, 0.1) is 0 Å². The van der Waals surface area contributed by atoms with E-state index < -0.39 is 11.6 Å². The van der Waals surface area contributed by atoms with Crippen LogP contribution < -0.4 is 0 Å². The van der Waals surface area contributed by atoms with Crippen molar-refractivity contribution in [2.24, 2.45) is 0 Å². The van der Waals surface area contributed by atoms with Crippen LogP contribution in [0.3, 0.4) is 0 Å². The van der Waals surface area contributed by atoms with Gasteiger partial charge >= 0.3 is 5.97 Å². The molecule has 1 aromatic heterocycles. The van der Waals surface area contributed by atoms with Crippen LogP contribution in [-0.4, -0.2) is 22.8 Å². The van der Waals surface area contributed by atoms with Crippen molar-refractivity contribution < 1.29 is 19.2 Å². The molecule has 0 amide bonds. The Morgan fingerprint density at radius 1 is 1.71 bits per heavy atom. The summed E-state index contributed by atoms with van der Waals surface area (Å²) in [7, 11) is 0. The van der Waals surface area contributed by atoms with Gasteiger partial charge in [0.2, 0.25) is 0 Å². The molecule has 1 aromatic rings. The second-order valence-electron chi connectivity index (χ2n) is 3.56. The summed E-state index contributed by atoms with van der Waals surface area (Å²) in [5.74, 6) is -0.589. The van der Waals surface area contributed by atoms with Crippen molar-refractivity contribution in [1.82, 2.24) is 5.16 Å². The van der Waals surface area contributed by atoms with Gasteiger partial charge in [0.25, 0.3) is 0 Å². The third-order valence-corrected chi connectivity index (χ3v) is 2.47. The molecular weight excluding hydrogens is 186 g/mol. The third kappa shape index (κ3) is 1.39. The van der Waals surface area contributed by atoms with E-state index in [0.717, 1.165) is 12.8 Å². The molecule has 1 atom stereocenters. The van der Waals surface area contributed by atoms with Gasteiger partial charge in [-0.15, -0.1) is 0 Å². The fraction of sp³-hybridized carbons (Fsp3) is 0.556. The lowest BCUT2D eigenvalue weighted by atomic mass is 9.99. The third-order valence-electron chi connectivity index (χ3n) is 2.47. The van der Waals surface area contributed by atoms with E-state index in [9.17, 15) is 4.79 Å². The number of hydrogen-bond acceptors (Lipinski definition) is 4. The van der Waals surface area contributed by atoms with E-state index in [1.807, 2.05) is 6.92 Å². The van der Waals surface area contributed by atoms with E-state index >= 15 is 0 Å². The first-order valence-corrected chi connectivity index (χ1v) is 4.46. The number of aromatic nitrogens is 1. The van der Waals surface area contributed by atoms with Gasteiger partial charge in [0.05, 0.1) is 0 Å². The molecule has 1 aliphatic heterocycles. The Morgan fingerprint density at radius 3 is 3.00 bits per heavy atom. The topological polar surface area (TPSA) is 72.6 Å². The van der Waals surface area contributed by atoms with Crippen molar-refractivity contribution in [2.45, 2.75) is 25.4 Å². The van der Waals surface area contributed by atoms with Crippen molar-refractivity contribution in [2.75, 3.05) is 6.61 Å². The predicted octanol–water partition coefficient (Wildman–Crippen LogP) is 1.40. The zero-order valence-corrected chi connectivity index (χ0v) is 7.82. The lowest BCUT2D eigenvalue weighted by Gasteiger charge is -2.18. The molecule has 2 heterocycles. The SMILES string of the molecule is CC1(c2cc(C(=O)O)no2)CCCO1. The Morgan fingerprint density at radius 2 is 2.50 bits per heavy atom. The highest BCUT2D eigenvalue weighted by Crippen LogP contribution is 2.35. The molecule has 1 aliphatic rings. The highest BCUT2D eigenvalue weighted by atomic mass is 16.5. The predicted molar refractivity (Wildman–Crippen MR) is 46.0 cm³/mol. The molecule has 1 fully saturated rings. The van der Waals surface area contributed by atoms with Gasteiger partial charge in [0, 0.05) is 12.7 Å². The maximum Gasteiger partial charge on any atom is 0.358 e. The lowest BCUT2D eigenvalue weighted by Crippen LogP contribution is -2.18. The fourth-order valence-corrected chi connectivity index (χ4v) is 1.60. The van der Waals surface area contributed by atoms with Gasteiger partial charge in [0.15, 0.2) is 11.5 Å². The minimum absolute atomic E-state index is 0.0725. The molecule has 0 radical (unpaired) electrons. The molecule has 5 nitrogen and oxygen atoms in total. The molecule has 1 unspecified atom stereocenters. The van der Waals surface area contributed by atoms with Gasteiger partial charge < -0.3 is 14.4 Å². The molecule has 0 aromatic carbocycles. The number of carbonyl (C=O) groups is 1. The van der Waals surface area contributed by atoms with E-state index in [-0.39, 0.29) is 5.69 Å². The van der Waals surface area contributed by atoms with Gasteiger partial charge in [0.1, 0.15) is 5.60 Å². The summed E-state index contributed by atoms with van der Waals surface area (Å²) >= 11 is 0. The first kappa shape index (κ1) is 9.21. The minimum Gasteiger partial charge on any atom is -0.476 e. The molecule has 1 saturated heterocycles. The normalized spacial score (nSPS) is 26.6. The highest BCUT2D eigenvalue weighted by molar-refractivity contribution is 5.85. The van der Waals surface area contributed by atoms with Crippen LogP contribution in [-0.2, 0) is 10.3 Å². The summed E-state index contributed by atoms with van der Waals surface area (Å²) in [6, 6.07) is 1.42. The summed E-state index contributed by atoms with van der Waals surface area (Å²) in [6.07, 6.45) is 1.79. The number of carboxylic acid groups (broad SMARTS) is 1. The largest absolute Gasteiger partial charge is 0.476 e. The monoisotopic (exact) mass is 197 g/mol. The quantitative estimate of drug-likeness (QED) is 0.775. The first-order valence-electron chi connectivity index (χ1n) is 4.46. The number of carboxylic acids is 1. The summed E-state index contributed by atoms with van der Waals surface area (Å²) in [5, 5.41) is 12.1. The number of nitrogens with zero attached hydrogens (tertiary/aromatic N) is 1. The summed E-state index contributed by atoms with van der Waals surface area (Å²) in [5.41, 5.74) is -0.572. The van der Waals surface area contributed by atoms with Crippen LogP contribution in [0.4, 0.5) is 0 Å². The number of aromatic carboxylic acids is 1. The molecule has 76 valence electrons. The highest BCUT2D eigenvalue weighted by Gasteiger charge is 2.36. The Labute approximate surface area is 80.6 Å². The lowest BCUT2D eigenvalue weighted by molar-refractivity contribution is -0.00515. The average molecular weight is 197 g/mol. The number of rotatable bonds is 2.